The van der Waals surface area contributed by atoms with Gasteiger partial charge < -0.3 is 8.92 Å². The van der Waals surface area contributed by atoms with Gasteiger partial charge in [0.2, 0.25) is 0 Å². The molecule has 0 fully saturated rings. The van der Waals surface area contributed by atoms with Crippen LogP contribution in [0.5, 0.6) is 5.75 Å². The average molecular weight is 364 g/mol. The molecule has 0 aliphatic heterocycles. The Kier molecular flexibility index (Phi) is 9.54. The smallest absolute Gasteiger partial charge is 0.382 e. The summed E-state index contributed by atoms with van der Waals surface area (Å²) >= 11 is 0. The Morgan fingerprint density at radius 1 is 0.960 bits per heavy atom. The lowest BCUT2D eigenvalue weighted by atomic mass is 10.1. The normalized spacial score (nSPS) is 11.0. The van der Waals surface area contributed by atoms with Crippen molar-refractivity contribution in [1.82, 2.24) is 0 Å². The fourth-order valence-electron chi connectivity index (χ4n) is 1.96. The van der Waals surface area contributed by atoms with Crippen molar-refractivity contribution in [2.75, 3.05) is 13.2 Å². The minimum Gasteiger partial charge on any atom is -0.382 e. The monoisotopic (exact) mass is 364 g/mol. The SMILES string of the molecule is CCOCC.O=S(=O)(O)Oc1ccccc1C/C=C/c1ccccc1. The minimum atomic E-state index is -4.50. The van der Waals surface area contributed by atoms with Crippen LogP contribution in [-0.4, -0.2) is 26.2 Å². The first kappa shape index (κ1) is 20.9. The highest BCUT2D eigenvalue weighted by Crippen LogP contribution is 2.20. The fourth-order valence-corrected chi connectivity index (χ4v) is 2.35. The number of benzene rings is 2. The number of ether oxygens (including phenoxy) is 1. The Bertz CT molecular complexity index is 737. The summed E-state index contributed by atoms with van der Waals surface area (Å²) in [6, 6.07) is 16.4. The topological polar surface area (TPSA) is 72.8 Å². The lowest BCUT2D eigenvalue weighted by Crippen LogP contribution is -2.08. The Labute approximate surface area is 149 Å². The lowest BCUT2D eigenvalue weighted by molar-refractivity contribution is 0.162. The first-order valence-electron chi connectivity index (χ1n) is 8.00. The summed E-state index contributed by atoms with van der Waals surface area (Å²) in [6.07, 6.45) is 4.34. The molecule has 0 radical (unpaired) electrons. The summed E-state index contributed by atoms with van der Waals surface area (Å²) < 4.78 is 39.6. The van der Waals surface area contributed by atoms with Gasteiger partial charge in [-0.05, 0) is 37.5 Å². The van der Waals surface area contributed by atoms with Crippen molar-refractivity contribution < 1.29 is 21.9 Å². The van der Waals surface area contributed by atoms with E-state index >= 15 is 0 Å². The van der Waals surface area contributed by atoms with Crippen LogP contribution in [0.3, 0.4) is 0 Å². The van der Waals surface area contributed by atoms with Crippen LogP contribution >= 0.6 is 0 Å². The molecule has 136 valence electrons. The molecule has 0 saturated heterocycles. The maximum absolute atomic E-state index is 10.8. The maximum atomic E-state index is 10.8. The van der Waals surface area contributed by atoms with Gasteiger partial charge in [-0.1, -0.05) is 60.7 Å². The van der Waals surface area contributed by atoms with Crippen molar-refractivity contribution in [2.45, 2.75) is 20.3 Å². The fraction of sp³-hybridized carbons (Fsp3) is 0.263. The summed E-state index contributed by atoms with van der Waals surface area (Å²) in [7, 11) is -4.50. The molecule has 0 bridgehead atoms. The van der Waals surface area contributed by atoms with Crippen molar-refractivity contribution >= 4 is 16.5 Å². The van der Waals surface area contributed by atoms with Crippen LogP contribution in [0.1, 0.15) is 25.0 Å². The molecule has 1 N–H and O–H groups in total. The van der Waals surface area contributed by atoms with Gasteiger partial charge in [-0.25, -0.2) is 0 Å². The van der Waals surface area contributed by atoms with E-state index in [1.54, 1.807) is 18.2 Å². The molecule has 0 aliphatic rings. The molecule has 2 aromatic carbocycles. The number of allylic oxidation sites excluding steroid dienone is 1. The average Bonchev–Trinajstić information content (AvgIpc) is 2.57. The highest BCUT2D eigenvalue weighted by atomic mass is 32.3. The molecule has 0 saturated carbocycles. The lowest BCUT2D eigenvalue weighted by Gasteiger charge is -2.06. The molecule has 25 heavy (non-hydrogen) atoms. The predicted molar refractivity (Wildman–Crippen MR) is 100.0 cm³/mol. The highest BCUT2D eigenvalue weighted by molar-refractivity contribution is 7.81. The van der Waals surface area contributed by atoms with Gasteiger partial charge in [0.25, 0.3) is 0 Å². The zero-order valence-electron chi connectivity index (χ0n) is 14.5. The summed E-state index contributed by atoms with van der Waals surface area (Å²) in [5, 5.41) is 0. The van der Waals surface area contributed by atoms with Gasteiger partial charge in [0.1, 0.15) is 5.75 Å². The molecule has 0 aliphatic carbocycles. The molecule has 0 amide bonds. The molecule has 6 heteroatoms. The Balaban J connectivity index is 0.000000550. The van der Waals surface area contributed by atoms with E-state index in [-0.39, 0.29) is 5.75 Å². The van der Waals surface area contributed by atoms with Crippen molar-refractivity contribution in [2.24, 2.45) is 0 Å². The number of para-hydroxylation sites is 1. The Morgan fingerprint density at radius 2 is 1.56 bits per heavy atom. The zero-order valence-corrected chi connectivity index (χ0v) is 15.3. The van der Waals surface area contributed by atoms with E-state index in [1.165, 1.54) is 6.07 Å². The summed E-state index contributed by atoms with van der Waals surface area (Å²) in [6.45, 7) is 5.67. The second-order valence-corrected chi connectivity index (χ2v) is 5.94. The van der Waals surface area contributed by atoms with Gasteiger partial charge in [0.05, 0.1) is 0 Å². The van der Waals surface area contributed by atoms with E-state index < -0.39 is 10.4 Å². The number of hydrogen-bond acceptors (Lipinski definition) is 4. The molecule has 0 unspecified atom stereocenters. The standard InChI is InChI=1S/C15H14O4S.C4H10O/c16-20(17,18)19-15-12-5-4-10-14(15)11-6-9-13-7-2-1-3-8-13;1-3-5-4-2/h1-10,12H,11H2,(H,16,17,18);3-4H2,1-2H3/b9-6+;. The van der Waals surface area contributed by atoms with Crippen molar-refractivity contribution in [1.29, 1.82) is 0 Å². The van der Waals surface area contributed by atoms with E-state index in [1.807, 2.05) is 56.3 Å². The largest absolute Gasteiger partial charge is 0.446 e. The zero-order chi connectivity index (χ0) is 18.5. The first-order chi connectivity index (χ1) is 12.0. The maximum Gasteiger partial charge on any atom is 0.446 e. The highest BCUT2D eigenvalue weighted by Gasteiger charge is 2.09. The first-order valence-corrected chi connectivity index (χ1v) is 9.37. The van der Waals surface area contributed by atoms with Crippen LogP contribution in [0, 0.1) is 0 Å². The Morgan fingerprint density at radius 3 is 2.12 bits per heavy atom. The molecule has 0 heterocycles. The summed E-state index contributed by atoms with van der Waals surface area (Å²) in [5.74, 6) is 0.132. The third-order valence-corrected chi connectivity index (χ3v) is 3.41. The molecule has 2 rings (SSSR count). The van der Waals surface area contributed by atoms with Crippen LogP contribution in [0.4, 0.5) is 0 Å². The van der Waals surface area contributed by atoms with E-state index in [0.29, 0.717) is 12.0 Å². The van der Waals surface area contributed by atoms with E-state index in [9.17, 15) is 8.42 Å². The van der Waals surface area contributed by atoms with E-state index in [2.05, 4.69) is 4.18 Å². The second kappa shape index (κ2) is 11.4. The molecule has 0 spiro atoms. The van der Waals surface area contributed by atoms with Crippen LogP contribution in [0.25, 0.3) is 6.08 Å². The van der Waals surface area contributed by atoms with Crippen LogP contribution in [0.2, 0.25) is 0 Å². The van der Waals surface area contributed by atoms with Crippen molar-refractivity contribution in [3.63, 3.8) is 0 Å². The Hall–Kier alpha value is -2.15. The molecule has 0 aromatic heterocycles. The van der Waals surface area contributed by atoms with Crippen molar-refractivity contribution in [3.8, 4) is 5.75 Å². The van der Waals surface area contributed by atoms with Gasteiger partial charge in [-0.2, -0.15) is 8.42 Å². The van der Waals surface area contributed by atoms with Gasteiger partial charge in [-0.15, -0.1) is 0 Å². The van der Waals surface area contributed by atoms with Crippen LogP contribution in [-0.2, 0) is 21.6 Å². The van der Waals surface area contributed by atoms with Gasteiger partial charge in [0, 0.05) is 13.2 Å². The van der Waals surface area contributed by atoms with Crippen molar-refractivity contribution in [3.05, 3.63) is 71.8 Å². The summed E-state index contributed by atoms with van der Waals surface area (Å²) in [5.41, 5.74) is 1.73. The second-order valence-electron chi connectivity index (χ2n) is 4.92. The predicted octanol–water partition coefficient (Wildman–Crippen LogP) is 4.17. The van der Waals surface area contributed by atoms with Gasteiger partial charge >= 0.3 is 10.4 Å². The van der Waals surface area contributed by atoms with E-state index in [0.717, 1.165) is 18.8 Å². The third kappa shape index (κ3) is 9.66. The molecule has 2 aromatic rings. The van der Waals surface area contributed by atoms with Crippen LogP contribution < -0.4 is 4.18 Å². The number of rotatable bonds is 7. The molecular formula is C19H24O5S. The van der Waals surface area contributed by atoms with Crippen LogP contribution in [0.15, 0.2) is 60.7 Å². The van der Waals surface area contributed by atoms with Gasteiger partial charge in [0.15, 0.2) is 0 Å². The molecule has 0 atom stereocenters. The quantitative estimate of drug-likeness (QED) is 0.747. The molecular weight excluding hydrogens is 340 g/mol. The molecule has 5 nitrogen and oxygen atoms in total. The third-order valence-electron chi connectivity index (χ3n) is 3.02. The minimum absolute atomic E-state index is 0.132. The summed E-state index contributed by atoms with van der Waals surface area (Å²) in [4.78, 5) is 0. The number of hydrogen-bond donors (Lipinski definition) is 1. The van der Waals surface area contributed by atoms with Gasteiger partial charge in [-0.3, -0.25) is 4.55 Å². The van der Waals surface area contributed by atoms with E-state index in [4.69, 9.17) is 9.29 Å².